The molecule has 0 N–H and O–H groups in total. The molecular weight excluding hydrogens is 264 g/mol. The lowest BCUT2D eigenvalue weighted by atomic mass is 9.90. The monoisotopic (exact) mass is 282 g/mol. The summed E-state index contributed by atoms with van der Waals surface area (Å²) in [5.74, 6) is 1.75. The van der Waals surface area contributed by atoms with Gasteiger partial charge in [-0.1, -0.05) is 25.3 Å². The second kappa shape index (κ2) is 5.72. The van der Waals surface area contributed by atoms with Crippen molar-refractivity contribution in [1.29, 1.82) is 0 Å². The molecule has 1 aromatic carbocycles. The largest absolute Gasteiger partial charge is 0.492 e. The summed E-state index contributed by atoms with van der Waals surface area (Å²) < 4.78 is 6.96. The zero-order valence-electron chi connectivity index (χ0n) is 9.84. The first-order valence-corrected chi connectivity index (χ1v) is 6.94. The van der Waals surface area contributed by atoms with E-state index in [1.165, 1.54) is 37.7 Å². The van der Waals surface area contributed by atoms with Crippen LogP contribution in [0.15, 0.2) is 22.7 Å². The van der Waals surface area contributed by atoms with Crippen molar-refractivity contribution in [3.8, 4) is 5.75 Å². The SMILES string of the molecule is Cc1ccc(OCC2CCCCC2)c(Br)c1. The summed E-state index contributed by atoms with van der Waals surface area (Å²) in [7, 11) is 0. The van der Waals surface area contributed by atoms with Crippen molar-refractivity contribution in [3.63, 3.8) is 0 Å². The third-order valence-electron chi connectivity index (χ3n) is 3.29. The molecule has 1 saturated carbocycles. The highest BCUT2D eigenvalue weighted by atomic mass is 79.9. The summed E-state index contributed by atoms with van der Waals surface area (Å²) in [6, 6.07) is 6.26. The van der Waals surface area contributed by atoms with Crippen molar-refractivity contribution in [2.45, 2.75) is 39.0 Å². The summed E-state index contributed by atoms with van der Waals surface area (Å²) in [5, 5.41) is 0. The van der Waals surface area contributed by atoms with Crippen LogP contribution in [-0.2, 0) is 0 Å². The number of hydrogen-bond donors (Lipinski definition) is 0. The molecule has 0 spiro atoms. The maximum Gasteiger partial charge on any atom is 0.133 e. The standard InChI is InChI=1S/C14H19BrO/c1-11-7-8-14(13(15)9-11)16-10-12-5-3-2-4-6-12/h7-9,12H,2-6,10H2,1H3. The van der Waals surface area contributed by atoms with Crippen molar-refractivity contribution in [2.24, 2.45) is 5.92 Å². The van der Waals surface area contributed by atoms with Gasteiger partial charge in [-0.15, -0.1) is 0 Å². The van der Waals surface area contributed by atoms with Gasteiger partial charge in [-0.3, -0.25) is 0 Å². The third-order valence-corrected chi connectivity index (χ3v) is 3.91. The molecule has 1 aromatic rings. The van der Waals surface area contributed by atoms with Gasteiger partial charge < -0.3 is 4.74 Å². The Bertz CT molecular complexity index is 343. The van der Waals surface area contributed by atoms with Crippen LogP contribution in [0.5, 0.6) is 5.75 Å². The zero-order chi connectivity index (χ0) is 11.4. The molecule has 1 fully saturated rings. The van der Waals surface area contributed by atoms with Crippen molar-refractivity contribution >= 4 is 15.9 Å². The van der Waals surface area contributed by atoms with E-state index in [9.17, 15) is 0 Å². The highest BCUT2D eigenvalue weighted by Gasteiger charge is 2.14. The minimum absolute atomic E-state index is 0.766. The first-order chi connectivity index (χ1) is 7.75. The molecule has 2 heteroatoms. The smallest absolute Gasteiger partial charge is 0.133 e. The Morgan fingerprint density at radius 2 is 2.00 bits per heavy atom. The first-order valence-electron chi connectivity index (χ1n) is 6.14. The van der Waals surface area contributed by atoms with Crippen LogP contribution >= 0.6 is 15.9 Å². The topological polar surface area (TPSA) is 9.23 Å². The molecule has 0 saturated heterocycles. The van der Waals surface area contributed by atoms with E-state index < -0.39 is 0 Å². The summed E-state index contributed by atoms with van der Waals surface area (Å²) in [4.78, 5) is 0. The van der Waals surface area contributed by atoms with Crippen LogP contribution in [0, 0.1) is 12.8 Å². The second-order valence-electron chi connectivity index (χ2n) is 4.75. The third kappa shape index (κ3) is 3.24. The normalized spacial score (nSPS) is 17.4. The lowest BCUT2D eigenvalue weighted by Gasteiger charge is -2.22. The highest BCUT2D eigenvalue weighted by molar-refractivity contribution is 9.10. The van der Waals surface area contributed by atoms with Gasteiger partial charge in [-0.05, 0) is 59.3 Å². The molecule has 0 amide bonds. The minimum Gasteiger partial charge on any atom is -0.492 e. The fraction of sp³-hybridized carbons (Fsp3) is 0.571. The van der Waals surface area contributed by atoms with Gasteiger partial charge >= 0.3 is 0 Å². The average Bonchev–Trinajstić information content (AvgIpc) is 2.29. The van der Waals surface area contributed by atoms with Crippen molar-refractivity contribution in [3.05, 3.63) is 28.2 Å². The minimum atomic E-state index is 0.766. The van der Waals surface area contributed by atoms with Gasteiger partial charge in [0, 0.05) is 0 Å². The van der Waals surface area contributed by atoms with Gasteiger partial charge in [0.15, 0.2) is 0 Å². The number of benzene rings is 1. The molecule has 0 radical (unpaired) electrons. The van der Waals surface area contributed by atoms with E-state index in [1.54, 1.807) is 0 Å². The Labute approximate surface area is 106 Å². The molecule has 0 bridgehead atoms. The molecule has 0 atom stereocenters. The van der Waals surface area contributed by atoms with Crippen molar-refractivity contribution < 1.29 is 4.74 Å². The van der Waals surface area contributed by atoms with E-state index in [1.807, 2.05) is 0 Å². The quantitative estimate of drug-likeness (QED) is 0.780. The predicted octanol–water partition coefficient (Wildman–Crippen LogP) is 4.72. The molecule has 1 nitrogen and oxygen atoms in total. The second-order valence-corrected chi connectivity index (χ2v) is 5.60. The molecule has 0 heterocycles. The fourth-order valence-electron chi connectivity index (χ4n) is 2.28. The molecular formula is C14H19BrO. The molecule has 1 aliphatic rings. The molecule has 0 unspecified atom stereocenters. The first kappa shape index (κ1) is 12.0. The zero-order valence-corrected chi connectivity index (χ0v) is 11.4. The fourth-order valence-corrected chi connectivity index (χ4v) is 2.89. The molecule has 0 aromatic heterocycles. The van der Waals surface area contributed by atoms with E-state index in [0.717, 1.165) is 22.7 Å². The number of ether oxygens (including phenoxy) is 1. The molecule has 0 aliphatic heterocycles. The Balaban J connectivity index is 1.88. The molecule has 16 heavy (non-hydrogen) atoms. The van der Waals surface area contributed by atoms with E-state index in [0.29, 0.717) is 0 Å². The lowest BCUT2D eigenvalue weighted by molar-refractivity contribution is 0.208. The van der Waals surface area contributed by atoms with Crippen molar-refractivity contribution in [1.82, 2.24) is 0 Å². The maximum absolute atomic E-state index is 5.88. The van der Waals surface area contributed by atoms with E-state index in [4.69, 9.17) is 4.74 Å². The van der Waals surface area contributed by atoms with Crippen LogP contribution < -0.4 is 4.74 Å². The van der Waals surface area contributed by atoms with Crippen LogP contribution in [0.3, 0.4) is 0 Å². The summed E-state index contributed by atoms with van der Waals surface area (Å²) in [6.07, 6.45) is 6.84. The van der Waals surface area contributed by atoms with Gasteiger partial charge in [-0.25, -0.2) is 0 Å². The van der Waals surface area contributed by atoms with Crippen molar-refractivity contribution in [2.75, 3.05) is 6.61 Å². The van der Waals surface area contributed by atoms with Crippen LogP contribution in [0.1, 0.15) is 37.7 Å². The maximum atomic E-state index is 5.88. The van der Waals surface area contributed by atoms with Crippen LogP contribution in [0.25, 0.3) is 0 Å². The van der Waals surface area contributed by atoms with Crippen LogP contribution in [0.4, 0.5) is 0 Å². The summed E-state index contributed by atoms with van der Waals surface area (Å²) >= 11 is 3.55. The van der Waals surface area contributed by atoms with E-state index in [-0.39, 0.29) is 0 Å². The summed E-state index contributed by atoms with van der Waals surface area (Å²) in [5.41, 5.74) is 1.26. The van der Waals surface area contributed by atoms with Gasteiger partial charge in [0.1, 0.15) is 5.75 Å². The lowest BCUT2D eigenvalue weighted by Crippen LogP contribution is -2.15. The Kier molecular flexibility index (Phi) is 4.28. The van der Waals surface area contributed by atoms with Crippen LogP contribution in [-0.4, -0.2) is 6.61 Å². The number of hydrogen-bond acceptors (Lipinski definition) is 1. The average molecular weight is 283 g/mol. The molecule has 2 rings (SSSR count). The Morgan fingerprint density at radius 3 is 2.69 bits per heavy atom. The molecule has 1 aliphatic carbocycles. The predicted molar refractivity (Wildman–Crippen MR) is 70.9 cm³/mol. The number of aryl methyl sites for hydroxylation is 1. The molecule has 88 valence electrons. The van der Waals surface area contributed by atoms with Gasteiger partial charge in [0.25, 0.3) is 0 Å². The Hall–Kier alpha value is -0.500. The van der Waals surface area contributed by atoms with E-state index >= 15 is 0 Å². The Morgan fingerprint density at radius 1 is 1.25 bits per heavy atom. The van der Waals surface area contributed by atoms with E-state index in [2.05, 4.69) is 41.1 Å². The van der Waals surface area contributed by atoms with Gasteiger partial charge in [-0.2, -0.15) is 0 Å². The number of halogens is 1. The highest BCUT2D eigenvalue weighted by Crippen LogP contribution is 2.28. The van der Waals surface area contributed by atoms with Gasteiger partial charge in [0.05, 0.1) is 11.1 Å². The van der Waals surface area contributed by atoms with Gasteiger partial charge in [0.2, 0.25) is 0 Å². The van der Waals surface area contributed by atoms with Crippen LogP contribution in [0.2, 0.25) is 0 Å². The number of rotatable bonds is 3. The summed E-state index contributed by atoms with van der Waals surface area (Å²) in [6.45, 7) is 2.97.